The maximum absolute atomic E-state index is 12.0. The fraction of sp³-hybridized carbons (Fsp3) is 0.250. The van der Waals surface area contributed by atoms with Crippen LogP contribution in [0.3, 0.4) is 0 Å². The monoisotopic (exact) mass is 296 g/mol. The van der Waals surface area contributed by atoms with Crippen LogP contribution >= 0.6 is 22.7 Å². The molecule has 2 rings (SSSR count). The first-order valence-corrected chi connectivity index (χ1v) is 7.23. The number of carbonyl (C=O) groups is 2. The van der Waals surface area contributed by atoms with Crippen LogP contribution in [0.2, 0.25) is 0 Å². The molecule has 2 aromatic heterocycles. The summed E-state index contributed by atoms with van der Waals surface area (Å²) >= 11 is 2.82. The van der Waals surface area contributed by atoms with Crippen LogP contribution in [-0.4, -0.2) is 28.0 Å². The molecule has 2 heterocycles. The molecule has 0 saturated carbocycles. The predicted octanol–water partition coefficient (Wildman–Crippen LogP) is 2.38. The van der Waals surface area contributed by atoms with Gasteiger partial charge < -0.3 is 10.4 Å². The van der Waals surface area contributed by atoms with Gasteiger partial charge in [-0.25, -0.2) is 4.98 Å². The van der Waals surface area contributed by atoms with Gasteiger partial charge in [0.25, 0.3) is 5.91 Å². The molecule has 0 aliphatic carbocycles. The van der Waals surface area contributed by atoms with Gasteiger partial charge in [0.15, 0.2) is 0 Å². The molecule has 0 aromatic carbocycles. The third-order valence-corrected chi connectivity index (χ3v) is 4.65. The second-order valence-electron chi connectivity index (χ2n) is 3.94. The molecule has 0 spiro atoms. The molecule has 100 valence electrons. The van der Waals surface area contributed by atoms with Crippen molar-refractivity contribution in [3.05, 3.63) is 28.1 Å². The lowest BCUT2D eigenvalue weighted by atomic mass is 10.3. The number of aryl methyl sites for hydroxylation is 1. The molecule has 5 nitrogen and oxygen atoms in total. The largest absolute Gasteiger partial charge is 0.480 e. The average Bonchev–Trinajstić information content (AvgIpc) is 2.96. The van der Waals surface area contributed by atoms with Gasteiger partial charge in [-0.3, -0.25) is 9.59 Å². The van der Waals surface area contributed by atoms with Crippen molar-refractivity contribution in [1.82, 2.24) is 10.3 Å². The predicted molar refractivity (Wildman–Crippen MR) is 74.7 cm³/mol. The Morgan fingerprint density at radius 3 is 2.79 bits per heavy atom. The minimum atomic E-state index is -1.06. The van der Waals surface area contributed by atoms with Crippen molar-refractivity contribution < 1.29 is 14.7 Å². The highest BCUT2D eigenvalue weighted by atomic mass is 32.1. The summed E-state index contributed by atoms with van der Waals surface area (Å²) in [4.78, 5) is 28.5. The molecule has 0 bridgehead atoms. The van der Waals surface area contributed by atoms with Crippen molar-refractivity contribution >= 4 is 34.6 Å². The highest BCUT2D eigenvalue weighted by Gasteiger charge is 2.20. The van der Waals surface area contributed by atoms with Gasteiger partial charge in [-0.1, -0.05) is 6.07 Å². The number of carbonyl (C=O) groups excluding carboxylic acids is 1. The fourth-order valence-corrected chi connectivity index (χ4v) is 3.20. The quantitative estimate of drug-likeness (QED) is 0.908. The number of carboxylic acid groups (broad SMARTS) is 1. The van der Waals surface area contributed by atoms with Crippen LogP contribution in [0.1, 0.15) is 22.3 Å². The van der Waals surface area contributed by atoms with Crippen molar-refractivity contribution in [3.63, 3.8) is 0 Å². The maximum Gasteiger partial charge on any atom is 0.325 e. The van der Waals surface area contributed by atoms with Crippen LogP contribution in [0.15, 0.2) is 17.5 Å². The van der Waals surface area contributed by atoms with Crippen LogP contribution < -0.4 is 5.32 Å². The van der Waals surface area contributed by atoms with Crippen LogP contribution in [0, 0.1) is 6.92 Å². The molecule has 1 atom stereocenters. The molecule has 0 fully saturated rings. The van der Waals surface area contributed by atoms with E-state index in [0.717, 1.165) is 9.88 Å². The van der Waals surface area contributed by atoms with Gasteiger partial charge in [0.2, 0.25) is 0 Å². The topological polar surface area (TPSA) is 79.3 Å². The van der Waals surface area contributed by atoms with Gasteiger partial charge in [-0.05, 0) is 25.3 Å². The van der Waals surface area contributed by atoms with Crippen LogP contribution in [0.5, 0.6) is 0 Å². The van der Waals surface area contributed by atoms with Gasteiger partial charge in [0.05, 0.1) is 10.6 Å². The smallest absolute Gasteiger partial charge is 0.325 e. The first-order chi connectivity index (χ1) is 8.99. The molecular formula is C12H12N2O3S2. The first kappa shape index (κ1) is 13.7. The van der Waals surface area contributed by atoms with E-state index < -0.39 is 17.9 Å². The number of amides is 1. The van der Waals surface area contributed by atoms with E-state index in [-0.39, 0.29) is 0 Å². The summed E-state index contributed by atoms with van der Waals surface area (Å²) in [6, 6.07) is 2.94. The van der Waals surface area contributed by atoms with Crippen molar-refractivity contribution in [2.24, 2.45) is 0 Å². The van der Waals surface area contributed by atoms with E-state index in [9.17, 15) is 9.59 Å². The number of rotatable bonds is 4. The second-order valence-corrected chi connectivity index (χ2v) is 5.89. The van der Waals surface area contributed by atoms with Crippen LogP contribution in [0.4, 0.5) is 0 Å². The minimum absolute atomic E-state index is 0.396. The zero-order valence-corrected chi connectivity index (χ0v) is 12.0. The molecular weight excluding hydrogens is 284 g/mol. The number of hydrogen-bond donors (Lipinski definition) is 2. The van der Waals surface area contributed by atoms with Gasteiger partial charge in [-0.2, -0.15) is 0 Å². The Morgan fingerprint density at radius 1 is 1.47 bits per heavy atom. The van der Waals surface area contributed by atoms with E-state index in [1.54, 1.807) is 18.3 Å². The lowest BCUT2D eigenvalue weighted by molar-refractivity contribution is -0.138. The molecule has 0 aliphatic heterocycles. The Kier molecular flexibility index (Phi) is 3.96. The van der Waals surface area contributed by atoms with Crippen LogP contribution in [-0.2, 0) is 4.79 Å². The standard InChI is InChI=1S/C12H12N2O3S2/c1-6-9(10(15)13-7(2)12(16)17)19-11(14-6)8-4-3-5-18-8/h3-5,7H,1-2H3,(H,13,15)(H,16,17). The number of carboxylic acids is 1. The zero-order valence-electron chi connectivity index (χ0n) is 10.3. The second kappa shape index (κ2) is 5.50. The zero-order chi connectivity index (χ0) is 14.0. The van der Waals surface area contributed by atoms with Crippen molar-refractivity contribution in [1.29, 1.82) is 0 Å². The van der Waals surface area contributed by atoms with Crippen molar-refractivity contribution in [2.45, 2.75) is 19.9 Å². The average molecular weight is 296 g/mol. The van der Waals surface area contributed by atoms with Crippen LogP contribution in [0.25, 0.3) is 9.88 Å². The Bertz CT molecular complexity index is 605. The van der Waals surface area contributed by atoms with E-state index in [0.29, 0.717) is 10.6 Å². The summed E-state index contributed by atoms with van der Waals surface area (Å²) in [7, 11) is 0. The number of thiophene rings is 1. The van der Waals surface area contributed by atoms with E-state index in [1.165, 1.54) is 18.3 Å². The van der Waals surface area contributed by atoms with Gasteiger partial charge >= 0.3 is 5.97 Å². The third kappa shape index (κ3) is 2.99. The number of nitrogens with zero attached hydrogens (tertiary/aromatic N) is 1. The number of thiazole rings is 1. The molecule has 7 heteroatoms. The summed E-state index contributed by atoms with van der Waals surface area (Å²) in [5.74, 6) is -1.46. The van der Waals surface area contributed by atoms with E-state index >= 15 is 0 Å². The number of nitrogens with one attached hydrogen (secondary N) is 1. The number of aromatic nitrogens is 1. The summed E-state index contributed by atoms with van der Waals surface area (Å²) < 4.78 is 0. The fourth-order valence-electron chi connectivity index (χ4n) is 1.44. The highest BCUT2D eigenvalue weighted by molar-refractivity contribution is 7.22. The normalized spacial score (nSPS) is 12.1. The molecule has 1 unspecified atom stereocenters. The summed E-state index contributed by atoms with van der Waals surface area (Å²) in [5, 5.41) is 13.9. The Balaban J connectivity index is 2.21. The van der Waals surface area contributed by atoms with Crippen molar-refractivity contribution in [3.8, 4) is 9.88 Å². The van der Waals surface area contributed by atoms with Gasteiger partial charge in [0, 0.05) is 0 Å². The summed E-state index contributed by atoms with van der Waals surface area (Å²) in [6.07, 6.45) is 0. The van der Waals surface area contributed by atoms with E-state index in [4.69, 9.17) is 5.11 Å². The summed E-state index contributed by atoms with van der Waals surface area (Å²) in [5.41, 5.74) is 0.614. The van der Waals surface area contributed by atoms with E-state index in [2.05, 4.69) is 10.3 Å². The lowest BCUT2D eigenvalue weighted by Gasteiger charge is -2.07. The molecule has 19 heavy (non-hydrogen) atoms. The Hall–Kier alpha value is -1.73. The maximum atomic E-state index is 12.0. The molecule has 0 saturated heterocycles. The molecule has 2 N–H and O–H groups in total. The Morgan fingerprint density at radius 2 is 2.21 bits per heavy atom. The van der Waals surface area contributed by atoms with Gasteiger partial charge in [-0.15, -0.1) is 22.7 Å². The molecule has 0 aliphatic rings. The summed E-state index contributed by atoms with van der Waals surface area (Å²) in [6.45, 7) is 3.17. The number of aliphatic carboxylic acids is 1. The third-order valence-electron chi connectivity index (χ3n) is 2.45. The minimum Gasteiger partial charge on any atom is -0.480 e. The SMILES string of the molecule is Cc1nc(-c2cccs2)sc1C(=O)NC(C)C(=O)O. The first-order valence-electron chi connectivity index (χ1n) is 5.54. The molecule has 0 radical (unpaired) electrons. The lowest BCUT2D eigenvalue weighted by Crippen LogP contribution is -2.38. The van der Waals surface area contributed by atoms with Gasteiger partial charge in [0.1, 0.15) is 15.9 Å². The Labute approximate surface area is 117 Å². The molecule has 1 amide bonds. The number of hydrogen-bond acceptors (Lipinski definition) is 5. The highest BCUT2D eigenvalue weighted by Crippen LogP contribution is 2.30. The molecule has 2 aromatic rings. The van der Waals surface area contributed by atoms with Crippen molar-refractivity contribution in [2.75, 3.05) is 0 Å². The van der Waals surface area contributed by atoms with E-state index in [1.807, 2.05) is 17.5 Å².